The number of ether oxygens (including phenoxy) is 1. The predicted molar refractivity (Wildman–Crippen MR) is 78.9 cm³/mol. The Morgan fingerprint density at radius 3 is 2.28 bits per heavy atom. The fourth-order valence-electron chi connectivity index (χ4n) is 2.84. The van der Waals surface area contributed by atoms with Crippen LogP contribution in [0.4, 0.5) is 0 Å². The van der Waals surface area contributed by atoms with E-state index in [0.29, 0.717) is 6.04 Å². The molecule has 0 aromatic carbocycles. The summed E-state index contributed by atoms with van der Waals surface area (Å²) in [7, 11) is 0. The molecule has 0 amide bonds. The first-order valence-electron chi connectivity index (χ1n) is 7.76. The molecule has 1 atom stereocenters. The highest BCUT2D eigenvalue weighted by Crippen LogP contribution is 2.33. The van der Waals surface area contributed by atoms with Gasteiger partial charge in [0, 0.05) is 12.6 Å². The standard InChI is InChI=1S/C16H33NO/c1-13(2)17-12-15(14-8-6-7-9-14)10-11-18-16(3,4)5/h13-15,17H,6-12H2,1-5H3. The number of hydrogen-bond acceptors (Lipinski definition) is 2. The van der Waals surface area contributed by atoms with Gasteiger partial charge in [0.1, 0.15) is 0 Å². The zero-order chi connectivity index (χ0) is 13.6. The Morgan fingerprint density at radius 1 is 1.17 bits per heavy atom. The number of rotatable bonds is 7. The van der Waals surface area contributed by atoms with E-state index in [9.17, 15) is 0 Å². The van der Waals surface area contributed by atoms with Crippen molar-refractivity contribution in [1.29, 1.82) is 0 Å². The monoisotopic (exact) mass is 255 g/mol. The van der Waals surface area contributed by atoms with Gasteiger partial charge in [0.05, 0.1) is 5.60 Å². The molecule has 1 saturated carbocycles. The van der Waals surface area contributed by atoms with Crippen LogP contribution in [0.15, 0.2) is 0 Å². The van der Waals surface area contributed by atoms with Crippen LogP contribution in [0, 0.1) is 11.8 Å². The van der Waals surface area contributed by atoms with Gasteiger partial charge in [0.25, 0.3) is 0 Å². The summed E-state index contributed by atoms with van der Waals surface area (Å²) in [6, 6.07) is 0.595. The minimum atomic E-state index is 0.00566. The maximum Gasteiger partial charge on any atom is 0.0598 e. The molecule has 0 bridgehead atoms. The van der Waals surface area contributed by atoms with Gasteiger partial charge in [-0.15, -0.1) is 0 Å². The SMILES string of the molecule is CC(C)NCC(CCOC(C)(C)C)C1CCCC1. The zero-order valence-corrected chi connectivity index (χ0v) is 13.1. The second kappa shape index (κ2) is 7.49. The van der Waals surface area contributed by atoms with Gasteiger partial charge in [-0.25, -0.2) is 0 Å². The van der Waals surface area contributed by atoms with E-state index in [-0.39, 0.29) is 5.60 Å². The van der Waals surface area contributed by atoms with E-state index < -0.39 is 0 Å². The molecule has 0 saturated heterocycles. The summed E-state index contributed by atoms with van der Waals surface area (Å²) in [5.74, 6) is 1.73. The summed E-state index contributed by atoms with van der Waals surface area (Å²) in [5, 5.41) is 3.61. The van der Waals surface area contributed by atoms with Crippen molar-refractivity contribution in [2.45, 2.75) is 78.4 Å². The van der Waals surface area contributed by atoms with Crippen molar-refractivity contribution >= 4 is 0 Å². The second-order valence-electron chi connectivity index (χ2n) is 7.12. The van der Waals surface area contributed by atoms with Gasteiger partial charge in [-0.3, -0.25) is 0 Å². The smallest absolute Gasteiger partial charge is 0.0598 e. The van der Waals surface area contributed by atoms with Crippen LogP contribution in [-0.4, -0.2) is 24.8 Å². The molecule has 2 nitrogen and oxygen atoms in total. The lowest BCUT2D eigenvalue weighted by Gasteiger charge is -2.27. The molecule has 1 aliphatic rings. The van der Waals surface area contributed by atoms with E-state index in [2.05, 4.69) is 39.9 Å². The Balaban J connectivity index is 2.34. The van der Waals surface area contributed by atoms with Crippen LogP contribution < -0.4 is 5.32 Å². The highest BCUT2D eigenvalue weighted by molar-refractivity contribution is 4.78. The van der Waals surface area contributed by atoms with Gasteiger partial charge in [-0.05, 0) is 45.6 Å². The Hall–Kier alpha value is -0.0800. The Kier molecular flexibility index (Phi) is 6.65. The molecular weight excluding hydrogens is 222 g/mol. The van der Waals surface area contributed by atoms with Crippen molar-refractivity contribution in [3.05, 3.63) is 0 Å². The molecule has 1 aliphatic carbocycles. The molecule has 1 unspecified atom stereocenters. The molecule has 0 spiro atoms. The molecule has 0 aromatic heterocycles. The molecule has 108 valence electrons. The van der Waals surface area contributed by atoms with E-state index >= 15 is 0 Å². The van der Waals surface area contributed by atoms with Crippen molar-refractivity contribution in [2.24, 2.45) is 11.8 Å². The summed E-state index contributed by atoms with van der Waals surface area (Å²) >= 11 is 0. The van der Waals surface area contributed by atoms with Crippen LogP contribution in [0.3, 0.4) is 0 Å². The largest absolute Gasteiger partial charge is 0.376 e. The summed E-state index contributed by atoms with van der Waals surface area (Å²) in [6.07, 6.45) is 6.94. The van der Waals surface area contributed by atoms with E-state index in [1.54, 1.807) is 0 Å². The topological polar surface area (TPSA) is 21.3 Å². The van der Waals surface area contributed by atoms with Crippen LogP contribution in [0.2, 0.25) is 0 Å². The van der Waals surface area contributed by atoms with Gasteiger partial charge in [0.2, 0.25) is 0 Å². The summed E-state index contributed by atoms with van der Waals surface area (Å²) in [5.41, 5.74) is 0.00566. The average Bonchev–Trinajstić information content (AvgIpc) is 2.74. The van der Waals surface area contributed by atoms with E-state index in [1.807, 2.05) is 0 Å². The maximum absolute atomic E-state index is 5.90. The van der Waals surface area contributed by atoms with Crippen LogP contribution >= 0.6 is 0 Å². The van der Waals surface area contributed by atoms with E-state index in [1.165, 1.54) is 32.1 Å². The third-order valence-corrected chi connectivity index (χ3v) is 3.88. The van der Waals surface area contributed by atoms with E-state index in [0.717, 1.165) is 25.0 Å². The highest BCUT2D eigenvalue weighted by Gasteiger charge is 2.25. The van der Waals surface area contributed by atoms with Gasteiger partial charge >= 0.3 is 0 Å². The normalized spacial score (nSPS) is 19.7. The van der Waals surface area contributed by atoms with Gasteiger partial charge in [-0.2, -0.15) is 0 Å². The first-order valence-corrected chi connectivity index (χ1v) is 7.76. The number of hydrogen-bond donors (Lipinski definition) is 1. The fourth-order valence-corrected chi connectivity index (χ4v) is 2.84. The van der Waals surface area contributed by atoms with E-state index in [4.69, 9.17) is 4.74 Å². The minimum Gasteiger partial charge on any atom is -0.376 e. The third-order valence-electron chi connectivity index (χ3n) is 3.88. The van der Waals surface area contributed by atoms with Crippen molar-refractivity contribution in [1.82, 2.24) is 5.32 Å². The summed E-state index contributed by atoms with van der Waals surface area (Å²) in [4.78, 5) is 0. The summed E-state index contributed by atoms with van der Waals surface area (Å²) < 4.78 is 5.90. The van der Waals surface area contributed by atoms with Gasteiger partial charge < -0.3 is 10.1 Å². The number of nitrogens with one attached hydrogen (secondary N) is 1. The van der Waals surface area contributed by atoms with Crippen molar-refractivity contribution < 1.29 is 4.74 Å². The van der Waals surface area contributed by atoms with Gasteiger partial charge in [0.15, 0.2) is 0 Å². The lowest BCUT2D eigenvalue weighted by molar-refractivity contribution is -0.0122. The van der Waals surface area contributed by atoms with Crippen LogP contribution in [0.5, 0.6) is 0 Å². The molecule has 2 heteroatoms. The lowest BCUT2D eigenvalue weighted by Crippen LogP contribution is -2.33. The molecule has 0 aromatic rings. The third kappa shape index (κ3) is 6.75. The minimum absolute atomic E-state index is 0.00566. The van der Waals surface area contributed by atoms with Crippen molar-refractivity contribution in [2.75, 3.05) is 13.2 Å². The molecule has 0 aliphatic heterocycles. The van der Waals surface area contributed by atoms with Crippen molar-refractivity contribution in [3.8, 4) is 0 Å². The Labute approximate surface area is 114 Å². The summed E-state index contributed by atoms with van der Waals surface area (Å²) in [6.45, 7) is 13.0. The fraction of sp³-hybridized carbons (Fsp3) is 1.00. The second-order valence-corrected chi connectivity index (χ2v) is 7.12. The van der Waals surface area contributed by atoms with Gasteiger partial charge in [-0.1, -0.05) is 39.5 Å². The molecule has 1 rings (SSSR count). The average molecular weight is 255 g/mol. The Morgan fingerprint density at radius 2 is 1.78 bits per heavy atom. The lowest BCUT2D eigenvalue weighted by atomic mass is 9.88. The molecule has 1 N–H and O–H groups in total. The molecule has 0 radical (unpaired) electrons. The van der Waals surface area contributed by atoms with Crippen LogP contribution in [0.25, 0.3) is 0 Å². The molecule has 1 fully saturated rings. The zero-order valence-electron chi connectivity index (χ0n) is 13.1. The quantitative estimate of drug-likeness (QED) is 0.742. The molecule has 0 heterocycles. The maximum atomic E-state index is 5.90. The first-order chi connectivity index (χ1) is 8.38. The Bertz CT molecular complexity index is 214. The van der Waals surface area contributed by atoms with Crippen LogP contribution in [0.1, 0.15) is 66.7 Å². The molecular formula is C16H33NO. The predicted octanol–water partition coefficient (Wildman–Crippen LogP) is 4.00. The highest BCUT2D eigenvalue weighted by atomic mass is 16.5. The van der Waals surface area contributed by atoms with Crippen molar-refractivity contribution in [3.63, 3.8) is 0 Å². The first kappa shape index (κ1) is 16.0. The van der Waals surface area contributed by atoms with Crippen LogP contribution in [-0.2, 0) is 4.74 Å². The molecule has 18 heavy (non-hydrogen) atoms.